The van der Waals surface area contributed by atoms with Gasteiger partial charge in [-0.3, -0.25) is 38.6 Å². The lowest BCUT2D eigenvalue weighted by molar-refractivity contribution is -0.152. The lowest BCUT2D eigenvalue weighted by atomic mass is 10.3. The summed E-state index contributed by atoms with van der Waals surface area (Å²) in [5, 5.41) is 0. The Bertz CT molecular complexity index is 567. The second-order valence-electron chi connectivity index (χ2n) is 6.51. The third-order valence-corrected chi connectivity index (χ3v) is 4.24. The quantitative estimate of drug-likeness (QED) is 0.320. The van der Waals surface area contributed by atoms with Gasteiger partial charge in [0, 0.05) is 38.8 Å². The van der Waals surface area contributed by atoms with E-state index < -0.39 is 11.9 Å². The largest absolute Gasteiger partial charge is 0.393 e. The molecule has 3 aliphatic rings. The number of nitrogens with zero attached hydrogens (tertiary/aromatic N) is 2. The molecule has 4 N–H and O–H groups in total. The van der Waals surface area contributed by atoms with E-state index in [4.69, 9.17) is 11.5 Å². The molecule has 3 fully saturated rings. The van der Waals surface area contributed by atoms with Crippen molar-refractivity contribution < 1.29 is 33.5 Å². The van der Waals surface area contributed by atoms with Crippen molar-refractivity contribution in [3.8, 4) is 0 Å². The lowest BCUT2D eigenvalue weighted by Gasteiger charge is -2.17. The average molecular weight is 428 g/mol. The fourth-order valence-electron chi connectivity index (χ4n) is 2.68. The molecule has 0 saturated carbocycles. The zero-order valence-electron chi connectivity index (χ0n) is 16.4. The molecule has 4 amide bonds. The van der Waals surface area contributed by atoms with Gasteiger partial charge in [0.25, 0.3) is 0 Å². The molecule has 3 rings (SSSR count). The molecule has 3 heterocycles. The third-order valence-electron chi connectivity index (χ3n) is 4.24. The van der Waals surface area contributed by atoms with Gasteiger partial charge in [-0.2, -0.15) is 0 Å². The smallest absolute Gasteiger partial charge is 0.314 e. The van der Waals surface area contributed by atoms with E-state index in [1.54, 1.807) is 0 Å². The standard InChI is InChI=1S/C11H14N2O4.C4H4O3.C3H10N2.CH4/c14-8-2-3-9(15)12(8)6-1-7-13-10(16)4-5-11(13)17;5-3-1-2-4(6)7-3;4-2-1-3-5;/h1-7H2;1-2H2;1-5H2;1H4. The monoisotopic (exact) mass is 428 g/mol. The molecule has 3 aliphatic heterocycles. The van der Waals surface area contributed by atoms with Gasteiger partial charge in [-0.15, -0.1) is 0 Å². The van der Waals surface area contributed by atoms with Crippen molar-refractivity contribution in [3.63, 3.8) is 0 Å². The number of cyclic esters (lactones) is 2. The minimum absolute atomic E-state index is 0. The maximum atomic E-state index is 11.3. The summed E-state index contributed by atoms with van der Waals surface area (Å²) in [6.45, 7) is 2.04. The Morgan fingerprint density at radius 1 is 0.600 bits per heavy atom. The first-order chi connectivity index (χ1) is 13.8. The van der Waals surface area contributed by atoms with E-state index in [1.807, 2.05) is 0 Å². The molecule has 0 radical (unpaired) electrons. The number of likely N-dealkylation sites (tertiary alicyclic amines) is 2. The van der Waals surface area contributed by atoms with E-state index >= 15 is 0 Å². The highest BCUT2D eigenvalue weighted by atomic mass is 16.6. The molecule has 0 unspecified atom stereocenters. The van der Waals surface area contributed by atoms with Gasteiger partial charge in [0.05, 0.1) is 12.8 Å². The van der Waals surface area contributed by atoms with E-state index in [2.05, 4.69) is 4.74 Å². The van der Waals surface area contributed by atoms with Crippen LogP contribution >= 0.6 is 0 Å². The molecule has 0 aromatic carbocycles. The Hall–Kier alpha value is -2.66. The predicted molar refractivity (Wildman–Crippen MR) is 106 cm³/mol. The summed E-state index contributed by atoms with van der Waals surface area (Å²) in [4.78, 5) is 67.6. The first kappa shape index (κ1) is 27.3. The van der Waals surface area contributed by atoms with Crippen LogP contribution in [0.5, 0.6) is 0 Å². The van der Waals surface area contributed by atoms with Crippen LogP contribution in [0.4, 0.5) is 0 Å². The van der Waals surface area contributed by atoms with E-state index in [1.165, 1.54) is 9.80 Å². The van der Waals surface area contributed by atoms with E-state index in [0.29, 0.717) is 19.5 Å². The van der Waals surface area contributed by atoms with Crippen LogP contribution in [0, 0.1) is 0 Å². The molecule has 0 bridgehead atoms. The van der Waals surface area contributed by atoms with Crippen LogP contribution in [0.1, 0.15) is 58.8 Å². The number of rotatable bonds is 6. The highest BCUT2D eigenvalue weighted by Gasteiger charge is 2.31. The van der Waals surface area contributed by atoms with Gasteiger partial charge in [0.15, 0.2) is 0 Å². The SMILES string of the molecule is C.NCCCN.O=C1CCC(=O)N1CCCN1C(=O)CCC1=O.O=C1CCC(=O)O1. The molecule has 30 heavy (non-hydrogen) atoms. The number of hydrogen-bond donors (Lipinski definition) is 2. The maximum Gasteiger partial charge on any atom is 0.314 e. The molecule has 3 saturated heterocycles. The highest BCUT2D eigenvalue weighted by Crippen LogP contribution is 2.14. The topological polar surface area (TPSA) is 170 Å². The number of esters is 2. The van der Waals surface area contributed by atoms with Crippen LogP contribution in [0.15, 0.2) is 0 Å². The summed E-state index contributed by atoms with van der Waals surface area (Å²) >= 11 is 0. The Labute approximate surface area is 176 Å². The van der Waals surface area contributed by atoms with Crippen LogP contribution in [0.3, 0.4) is 0 Å². The van der Waals surface area contributed by atoms with Crippen molar-refractivity contribution in [2.75, 3.05) is 26.2 Å². The highest BCUT2D eigenvalue weighted by molar-refractivity contribution is 6.02. The zero-order valence-corrected chi connectivity index (χ0v) is 16.4. The lowest BCUT2D eigenvalue weighted by Crippen LogP contribution is -2.35. The van der Waals surface area contributed by atoms with Crippen LogP contribution in [0.25, 0.3) is 0 Å². The molecule has 170 valence electrons. The van der Waals surface area contributed by atoms with Gasteiger partial charge in [-0.1, -0.05) is 7.43 Å². The number of ether oxygens (including phenoxy) is 1. The molecule has 0 aromatic heterocycles. The van der Waals surface area contributed by atoms with Crippen molar-refractivity contribution >= 4 is 35.6 Å². The minimum atomic E-state index is -0.398. The predicted octanol–water partition coefficient (Wildman–Crippen LogP) is -0.545. The third kappa shape index (κ3) is 9.23. The molecular formula is C19H32N4O7. The number of carbonyl (C=O) groups is 6. The number of carbonyl (C=O) groups excluding carboxylic acids is 6. The number of imide groups is 2. The Morgan fingerprint density at radius 3 is 1.13 bits per heavy atom. The van der Waals surface area contributed by atoms with Crippen molar-refractivity contribution in [1.29, 1.82) is 0 Å². The Morgan fingerprint density at radius 2 is 0.933 bits per heavy atom. The molecule has 11 heteroatoms. The van der Waals surface area contributed by atoms with E-state index in [0.717, 1.165) is 19.5 Å². The number of nitrogens with two attached hydrogens (primary N) is 2. The fraction of sp³-hybridized carbons (Fsp3) is 0.684. The summed E-state index contributed by atoms with van der Waals surface area (Å²) in [7, 11) is 0. The fourth-order valence-corrected chi connectivity index (χ4v) is 2.68. The molecule has 11 nitrogen and oxygen atoms in total. The van der Waals surface area contributed by atoms with E-state index in [-0.39, 0.29) is 69.6 Å². The zero-order chi connectivity index (χ0) is 21.8. The first-order valence-corrected chi connectivity index (χ1v) is 9.60. The number of amides is 4. The van der Waals surface area contributed by atoms with Gasteiger partial charge in [0.2, 0.25) is 23.6 Å². The molecule has 0 aromatic rings. The maximum absolute atomic E-state index is 11.3. The second kappa shape index (κ2) is 14.3. The van der Waals surface area contributed by atoms with Crippen LogP contribution in [0.2, 0.25) is 0 Å². The van der Waals surface area contributed by atoms with Gasteiger partial charge >= 0.3 is 11.9 Å². The summed E-state index contributed by atoms with van der Waals surface area (Å²) in [5.74, 6) is -1.43. The van der Waals surface area contributed by atoms with Gasteiger partial charge < -0.3 is 16.2 Å². The summed E-state index contributed by atoms with van der Waals surface area (Å²) in [6.07, 6.45) is 3.05. The number of hydrogen-bond acceptors (Lipinski definition) is 9. The summed E-state index contributed by atoms with van der Waals surface area (Å²) < 4.78 is 4.08. The average Bonchev–Trinajstić information content (AvgIpc) is 3.32. The van der Waals surface area contributed by atoms with Crippen molar-refractivity contribution in [2.45, 2.75) is 58.8 Å². The van der Waals surface area contributed by atoms with Crippen LogP contribution in [-0.2, 0) is 33.5 Å². The van der Waals surface area contributed by atoms with Crippen molar-refractivity contribution in [1.82, 2.24) is 9.80 Å². The molecule has 0 atom stereocenters. The molecular weight excluding hydrogens is 396 g/mol. The van der Waals surface area contributed by atoms with Crippen LogP contribution < -0.4 is 11.5 Å². The Balaban J connectivity index is 0.000000536. The summed E-state index contributed by atoms with van der Waals surface area (Å²) in [5.41, 5.74) is 10.1. The van der Waals surface area contributed by atoms with E-state index in [9.17, 15) is 28.8 Å². The molecule has 0 aliphatic carbocycles. The minimum Gasteiger partial charge on any atom is -0.393 e. The van der Waals surface area contributed by atoms with Gasteiger partial charge in [0.1, 0.15) is 0 Å². The van der Waals surface area contributed by atoms with Crippen LogP contribution in [-0.4, -0.2) is 71.5 Å². The first-order valence-electron chi connectivity index (χ1n) is 9.60. The van der Waals surface area contributed by atoms with Gasteiger partial charge in [-0.25, -0.2) is 0 Å². The Kier molecular flexibility index (Phi) is 13.1. The second-order valence-corrected chi connectivity index (χ2v) is 6.51. The summed E-state index contributed by atoms with van der Waals surface area (Å²) in [6, 6.07) is 0. The van der Waals surface area contributed by atoms with Crippen molar-refractivity contribution in [3.05, 3.63) is 0 Å². The molecule has 0 spiro atoms. The van der Waals surface area contributed by atoms with Gasteiger partial charge in [-0.05, 0) is 25.9 Å². The normalized spacial score (nSPS) is 17.9. The van der Waals surface area contributed by atoms with Crippen molar-refractivity contribution in [2.24, 2.45) is 11.5 Å².